The fourth-order valence-corrected chi connectivity index (χ4v) is 2.41. The van der Waals surface area contributed by atoms with Crippen LogP contribution in [0.5, 0.6) is 0 Å². The van der Waals surface area contributed by atoms with Crippen molar-refractivity contribution in [3.8, 4) is 0 Å². The number of hydrogen-bond acceptors (Lipinski definition) is 7. The number of hydrogen-bond donors (Lipinski definition) is 6. The smallest absolute Gasteiger partial charge is 0.123 e. The summed E-state index contributed by atoms with van der Waals surface area (Å²) in [5.74, 6) is 13.8. The Labute approximate surface area is 196 Å². The van der Waals surface area contributed by atoms with E-state index in [0.29, 0.717) is 11.5 Å². The van der Waals surface area contributed by atoms with Gasteiger partial charge in [-0.3, -0.25) is 16.7 Å². The molecule has 0 heterocycles. The summed E-state index contributed by atoms with van der Waals surface area (Å²) >= 11 is 0. The monoisotopic (exact) mass is 453 g/mol. The van der Waals surface area contributed by atoms with Crippen molar-refractivity contribution in [3.63, 3.8) is 0 Å². The quantitative estimate of drug-likeness (QED) is 0.202. The maximum absolute atomic E-state index is 12.7. The van der Waals surface area contributed by atoms with Gasteiger partial charge in [-0.25, -0.2) is 10.2 Å². The summed E-state index contributed by atoms with van der Waals surface area (Å²) in [6.45, 7) is 15.0. The first-order chi connectivity index (χ1) is 15.7. The van der Waals surface area contributed by atoms with Gasteiger partial charge in [-0.2, -0.15) is 0 Å². The number of anilines is 2. The van der Waals surface area contributed by atoms with Crippen LogP contribution in [-0.4, -0.2) is 7.05 Å². The van der Waals surface area contributed by atoms with Crippen LogP contribution in [0.3, 0.4) is 0 Å². The third-order valence-corrected chi connectivity index (χ3v) is 4.42. The molecule has 0 radical (unpaired) electrons. The van der Waals surface area contributed by atoms with Gasteiger partial charge < -0.3 is 16.4 Å². The Morgan fingerprint density at radius 3 is 2.21 bits per heavy atom. The molecule has 8 heteroatoms. The zero-order chi connectivity index (χ0) is 25.4. The highest BCUT2D eigenvalue weighted by Crippen LogP contribution is 2.19. The van der Waals surface area contributed by atoms with Gasteiger partial charge in [-0.05, 0) is 67.0 Å². The van der Waals surface area contributed by atoms with Gasteiger partial charge in [0.15, 0.2) is 0 Å². The average Bonchev–Trinajstić information content (AvgIpc) is 2.85. The molecular weight excluding hydrogens is 417 g/mol. The molecule has 2 aromatic rings. The lowest BCUT2D eigenvalue weighted by molar-refractivity contribution is 0.627. The lowest BCUT2D eigenvalue weighted by atomic mass is 10.1. The van der Waals surface area contributed by atoms with Gasteiger partial charge in [0, 0.05) is 24.6 Å². The summed E-state index contributed by atoms with van der Waals surface area (Å²) in [6, 6.07) is 12.0. The summed E-state index contributed by atoms with van der Waals surface area (Å²) in [5, 5.41) is 7.54. The van der Waals surface area contributed by atoms with Crippen molar-refractivity contribution in [2.45, 2.75) is 13.8 Å². The fraction of sp³-hybridized carbons (Fsp3) is 0.120. The van der Waals surface area contributed by atoms with Gasteiger partial charge >= 0.3 is 0 Å². The van der Waals surface area contributed by atoms with Gasteiger partial charge in [0.2, 0.25) is 0 Å². The van der Waals surface area contributed by atoms with Crippen LogP contribution < -0.4 is 38.9 Å². The van der Waals surface area contributed by atoms with Crippen molar-refractivity contribution in [2.75, 3.05) is 17.4 Å². The van der Waals surface area contributed by atoms with Crippen molar-refractivity contribution in [2.24, 2.45) is 23.3 Å². The Hall–Kier alpha value is -3.85. The molecule has 0 aromatic heterocycles. The van der Waals surface area contributed by atoms with Crippen LogP contribution in [-0.2, 0) is 0 Å². The molecule has 0 spiro atoms. The number of nitrogens with one attached hydrogen (secondary N) is 2. The molecule has 0 unspecified atom stereocenters. The number of aryl methyl sites for hydroxylation is 1. The molecule has 0 saturated heterocycles. The third kappa shape index (κ3) is 9.88. The Kier molecular flexibility index (Phi) is 14.0. The van der Waals surface area contributed by atoms with E-state index in [9.17, 15) is 4.39 Å². The summed E-state index contributed by atoms with van der Waals surface area (Å²) < 4.78 is 12.7. The number of benzene rings is 2. The average molecular weight is 454 g/mol. The summed E-state index contributed by atoms with van der Waals surface area (Å²) in [4.78, 5) is 0. The number of rotatable bonds is 8. The lowest BCUT2D eigenvalue weighted by Gasteiger charge is -2.20. The first-order valence-corrected chi connectivity index (χ1v) is 9.99. The topological polar surface area (TPSA) is 131 Å². The van der Waals surface area contributed by atoms with Crippen molar-refractivity contribution < 1.29 is 4.39 Å². The van der Waals surface area contributed by atoms with Gasteiger partial charge in [-0.15, -0.1) is 0 Å². The lowest BCUT2D eigenvalue weighted by Crippen LogP contribution is -2.35. The fourth-order valence-electron chi connectivity index (χ4n) is 2.41. The normalized spacial score (nSPS) is 10.5. The first-order valence-electron chi connectivity index (χ1n) is 9.99. The van der Waals surface area contributed by atoms with Crippen LogP contribution >= 0.6 is 0 Å². The second-order valence-corrected chi connectivity index (χ2v) is 6.62. The first kappa shape index (κ1) is 29.1. The Morgan fingerprint density at radius 1 is 1.09 bits per heavy atom. The standard InChI is InChI=1S/C14H18N2.C11H14FN3.H4N2/c1-5-6-9-16-12(3)13-8-7-11(2)14(10-13)15-4;1-3-8(2)11(13)15(14)10-6-4-9(12)5-7-10;1-2/h5-10,15-16H,1,3H2,2,4H3;3-7H,1,13-14H2,2H3;1-2H2/b9-6+;11-8+;. The Bertz CT molecular complexity index is 963. The highest BCUT2D eigenvalue weighted by atomic mass is 19.1. The third-order valence-electron chi connectivity index (χ3n) is 4.42. The van der Waals surface area contributed by atoms with E-state index in [1.165, 1.54) is 22.7 Å². The van der Waals surface area contributed by atoms with E-state index in [1.54, 1.807) is 31.2 Å². The minimum absolute atomic E-state index is 0.310. The molecule has 2 aromatic carbocycles. The Balaban J connectivity index is 0.000000578. The highest BCUT2D eigenvalue weighted by Gasteiger charge is 2.06. The Morgan fingerprint density at radius 2 is 1.70 bits per heavy atom. The van der Waals surface area contributed by atoms with Crippen LogP contribution in [0.15, 0.2) is 98.0 Å². The highest BCUT2D eigenvalue weighted by molar-refractivity contribution is 5.68. The summed E-state index contributed by atoms with van der Waals surface area (Å²) in [5.41, 5.74) is 11.4. The summed E-state index contributed by atoms with van der Waals surface area (Å²) in [6.07, 6.45) is 6.97. The predicted molar refractivity (Wildman–Crippen MR) is 141 cm³/mol. The van der Waals surface area contributed by atoms with Crippen molar-refractivity contribution in [3.05, 3.63) is 115 Å². The van der Waals surface area contributed by atoms with Gasteiger partial charge in [0.25, 0.3) is 0 Å². The predicted octanol–water partition coefficient (Wildman–Crippen LogP) is 4.00. The minimum Gasteiger partial charge on any atom is -0.388 e. The molecule has 0 bridgehead atoms. The van der Waals surface area contributed by atoms with Crippen LogP contribution in [0.4, 0.5) is 15.8 Å². The van der Waals surface area contributed by atoms with E-state index in [0.717, 1.165) is 22.5 Å². The molecule has 0 aliphatic rings. The van der Waals surface area contributed by atoms with Crippen molar-refractivity contribution in [1.29, 1.82) is 0 Å². The van der Waals surface area contributed by atoms with E-state index in [2.05, 4.69) is 61.1 Å². The molecule has 10 N–H and O–H groups in total. The van der Waals surface area contributed by atoms with Crippen LogP contribution in [0.25, 0.3) is 5.70 Å². The molecule has 0 fully saturated rings. The van der Waals surface area contributed by atoms with Crippen LogP contribution in [0.1, 0.15) is 18.1 Å². The second kappa shape index (κ2) is 15.9. The van der Waals surface area contributed by atoms with Crippen molar-refractivity contribution >= 4 is 17.1 Å². The molecule has 0 amide bonds. The maximum atomic E-state index is 12.7. The van der Waals surface area contributed by atoms with Gasteiger partial charge in [-0.1, -0.05) is 44.0 Å². The zero-order valence-corrected chi connectivity index (χ0v) is 19.6. The molecule has 178 valence electrons. The minimum atomic E-state index is -0.310. The van der Waals surface area contributed by atoms with Crippen LogP contribution in [0.2, 0.25) is 0 Å². The SMILES string of the molecule is C=C/C(C)=C(\N)N(N)c1ccc(F)cc1.C=C/C=C/NC(=C)c1ccc(C)c(NC)c1.NN. The number of hydrazine groups is 2. The molecule has 7 nitrogen and oxygen atoms in total. The van der Waals surface area contributed by atoms with Crippen LogP contribution in [0, 0.1) is 12.7 Å². The molecule has 2 rings (SSSR count). The van der Waals surface area contributed by atoms with Gasteiger partial charge in [0.05, 0.1) is 5.69 Å². The molecule has 0 saturated carbocycles. The molecule has 0 aliphatic carbocycles. The van der Waals surface area contributed by atoms with E-state index in [1.807, 2.05) is 25.4 Å². The van der Waals surface area contributed by atoms with E-state index in [4.69, 9.17) is 11.6 Å². The van der Waals surface area contributed by atoms with E-state index in [-0.39, 0.29) is 5.82 Å². The molecular formula is C25H36FN7. The largest absolute Gasteiger partial charge is 0.388 e. The molecule has 0 atom stereocenters. The number of nitrogens with two attached hydrogens (primary N) is 4. The summed E-state index contributed by atoms with van der Waals surface area (Å²) in [7, 11) is 1.92. The zero-order valence-electron chi connectivity index (χ0n) is 19.6. The van der Waals surface area contributed by atoms with Crippen molar-refractivity contribution in [1.82, 2.24) is 5.32 Å². The number of allylic oxidation sites excluding steroid dienone is 4. The van der Waals surface area contributed by atoms with E-state index < -0.39 is 0 Å². The second-order valence-electron chi connectivity index (χ2n) is 6.62. The molecule has 33 heavy (non-hydrogen) atoms. The van der Waals surface area contributed by atoms with E-state index >= 15 is 0 Å². The maximum Gasteiger partial charge on any atom is 0.123 e. The number of halogens is 1. The van der Waals surface area contributed by atoms with Gasteiger partial charge in [0.1, 0.15) is 11.6 Å². The number of nitrogens with zero attached hydrogens (tertiary/aromatic N) is 1. The molecule has 0 aliphatic heterocycles.